The Labute approximate surface area is 126 Å². The Kier molecular flexibility index (Phi) is 4.41. The maximum atomic E-state index is 11.7. The summed E-state index contributed by atoms with van der Waals surface area (Å²) >= 11 is 0. The van der Waals surface area contributed by atoms with Crippen LogP contribution < -0.4 is 10.2 Å². The average Bonchev–Trinajstić information content (AvgIpc) is 2.38. The van der Waals surface area contributed by atoms with Crippen LogP contribution in [0.4, 0.5) is 11.6 Å². The maximum absolute atomic E-state index is 11.7. The van der Waals surface area contributed by atoms with Crippen molar-refractivity contribution in [1.29, 1.82) is 0 Å². The van der Waals surface area contributed by atoms with Gasteiger partial charge in [-0.05, 0) is 13.8 Å². The molecule has 0 aliphatic carbocycles. The van der Waals surface area contributed by atoms with E-state index in [0.717, 1.165) is 23.0 Å². The van der Waals surface area contributed by atoms with Gasteiger partial charge in [-0.3, -0.25) is 0 Å². The summed E-state index contributed by atoms with van der Waals surface area (Å²) < 4.78 is 23.5. The molecule has 1 saturated heterocycles. The Morgan fingerprint density at radius 3 is 2.52 bits per heavy atom. The molecule has 0 saturated carbocycles. The highest BCUT2D eigenvalue weighted by Crippen LogP contribution is 2.28. The predicted octanol–water partition coefficient (Wildman–Crippen LogP) is 1.57. The second-order valence-corrected chi connectivity index (χ2v) is 8.17. The smallest absolute Gasteiger partial charge is 0.154 e. The van der Waals surface area contributed by atoms with Crippen molar-refractivity contribution in [1.82, 2.24) is 9.97 Å². The van der Waals surface area contributed by atoms with E-state index >= 15 is 0 Å². The monoisotopic (exact) mass is 312 g/mol. The van der Waals surface area contributed by atoms with Gasteiger partial charge in [0, 0.05) is 31.1 Å². The SMILES string of the molecule is CNc1nc(C(C)C)nc(N2CCS(=O)(=O)CC2C)c1C. The van der Waals surface area contributed by atoms with E-state index in [1.807, 2.05) is 20.9 Å². The van der Waals surface area contributed by atoms with Crippen molar-refractivity contribution in [3.8, 4) is 0 Å². The summed E-state index contributed by atoms with van der Waals surface area (Å²) in [5.41, 5.74) is 0.966. The number of sulfone groups is 1. The molecule has 0 amide bonds. The molecule has 1 aliphatic heterocycles. The summed E-state index contributed by atoms with van der Waals surface area (Å²) in [6.45, 7) is 8.51. The molecule has 1 fully saturated rings. The van der Waals surface area contributed by atoms with E-state index in [9.17, 15) is 8.42 Å². The Morgan fingerprint density at radius 2 is 2.00 bits per heavy atom. The number of rotatable bonds is 3. The van der Waals surface area contributed by atoms with E-state index in [0.29, 0.717) is 6.54 Å². The lowest BCUT2D eigenvalue weighted by atomic mass is 10.1. The molecule has 1 N–H and O–H groups in total. The maximum Gasteiger partial charge on any atom is 0.154 e. The molecule has 1 aliphatic rings. The number of aromatic nitrogens is 2. The van der Waals surface area contributed by atoms with Gasteiger partial charge in [0.2, 0.25) is 0 Å². The van der Waals surface area contributed by atoms with Crippen LogP contribution in [0, 0.1) is 6.92 Å². The first-order valence-corrected chi connectivity index (χ1v) is 9.10. The van der Waals surface area contributed by atoms with Gasteiger partial charge in [-0.15, -0.1) is 0 Å². The van der Waals surface area contributed by atoms with Crippen LogP contribution in [0.25, 0.3) is 0 Å². The van der Waals surface area contributed by atoms with E-state index < -0.39 is 9.84 Å². The summed E-state index contributed by atoms with van der Waals surface area (Å²) in [5, 5.41) is 3.11. The second kappa shape index (κ2) is 5.79. The van der Waals surface area contributed by atoms with E-state index in [2.05, 4.69) is 34.0 Å². The highest BCUT2D eigenvalue weighted by molar-refractivity contribution is 7.91. The molecule has 2 rings (SSSR count). The lowest BCUT2D eigenvalue weighted by Gasteiger charge is -2.35. The third-order valence-corrected chi connectivity index (χ3v) is 5.63. The fourth-order valence-electron chi connectivity index (χ4n) is 2.62. The largest absolute Gasteiger partial charge is 0.373 e. The van der Waals surface area contributed by atoms with Gasteiger partial charge in [0.1, 0.15) is 17.5 Å². The Bertz CT molecular complexity index is 628. The number of anilines is 2. The van der Waals surface area contributed by atoms with Gasteiger partial charge in [0.25, 0.3) is 0 Å². The van der Waals surface area contributed by atoms with Crippen LogP contribution >= 0.6 is 0 Å². The molecule has 0 bridgehead atoms. The van der Waals surface area contributed by atoms with Gasteiger partial charge in [-0.1, -0.05) is 13.8 Å². The molecule has 1 atom stereocenters. The average molecular weight is 312 g/mol. The van der Waals surface area contributed by atoms with Crippen LogP contribution in [0.15, 0.2) is 0 Å². The van der Waals surface area contributed by atoms with Crippen molar-refractivity contribution in [2.75, 3.05) is 35.3 Å². The molecule has 118 valence electrons. The van der Waals surface area contributed by atoms with Crippen LogP contribution in [-0.2, 0) is 9.84 Å². The van der Waals surface area contributed by atoms with Crippen molar-refractivity contribution in [3.63, 3.8) is 0 Å². The number of nitrogens with zero attached hydrogens (tertiary/aromatic N) is 3. The van der Waals surface area contributed by atoms with Gasteiger partial charge in [0.05, 0.1) is 11.5 Å². The zero-order valence-electron chi connectivity index (χ0n) is 13.3. The van der Waals surface area contributed by atoms with E-state index in [1.54, 1.807) is 0 Å². The molecule has 7 heteroatoms. The minimum Gasteiger partial charge on any atom is -0.373 e. The molecule has 1 aromatic rings. The number of hydrogen-bond donors (Lipinski definition) is 1. The topological polar surface area (TPSA) is 75.2 Å². The van der Waals surface area contributed by atoms with Gasteiger partial charge in [-0.2, -0.15) is 0 Å². The molecule has 1 unspecified atom stereocenters. The standard InChI is InChI=1S/C14H24N4O2S/c1-9(2)12-16-13(15-5)11(4)14(17-12)18-6-7-21(19,20)8-10(18)3/h9-10H,6-8H2,1-5H3,(H,15,16,17). The lowest BCUT2D eigenvalue weighted by molar-refractivity contribution is 0.565. The third-order valence-electron chi connectivity index (χ3n) is 3.83. The van der Waals surface area contributed by atoms with Crippen molar-refractivity contribution in [2.24, 2.45) is 0 Å². The molecule has 0 spiro atoms. The first-order chi connectivity index (χ1) is 9.75. The summed E-state index contributed by atoms with van der Waals surface area (Å²) in [6.07, 6.45) is 0. The Morgan fingerprint density at radius 1 is 1.33 bits per heavy atom. The fourth-order valence-corrected chi connectivity index (χ4v) is 4.17. The summed E-state index contributed by atoms with van der Waals surface area (Å²) in [4.78, 5) is 11.3. The van der Waals surface area contributed by atoms with Crippen LogP contribution in [0.5, 0.6) is 0 Å². The van der Waals surface area contributed by atoms with E-state index in [4.69, 9.17) is 0 Å². The van der Waals surface area contributed by atoms with Crippen molar-refractivity contribution >= 4 is 21.5 Å². The zero-order valence-corrected chi connectivity index (χ0v) is 14.2. The van der Waals surface area contributed by atoms with Gasteiger partial charge < -0.3 is 10.2 Å². The zero-order chi connectivity index (χ0) is 15.8. The highest BCUT2D eigenvalue weighted by Gasteiger charge is 2.30. The summed E-state index contributed by atoms with van der Waals surface area (Å²) in [7, 11) is -1.09. The second-order valence-electron chi connectivity index (χ2n) is 5.94. The number of nitrogens with one attached hydrogen (secondary N) is 1. The molecule has 2 heterocycles. The Balaban J connectivity index is 2.45. The molecular formula is C14H24N4O2S. The normalized spacial score (nSPS) is 21.6. The first kappa shape index (κ1) is 16.0. The van der Waals surface area contributed by atoms with Crippen LogP contribution in [0.1, 0.15) is 38.1 Å². The van der Waals surface area contributed by atoms with E-state index in [1.165, 1.54) is 0 Å². The first-order valence-electron chi connectivity index (χ1n) is 7.28. The van der Waals surface area contributed by atoms with Crippen LogP contribution in [0.3, 0.4) is 0 Å². The minimum atomic E-state index is -2.93. The minimum absolute atomic E-state index is 0.0675. The van der Waals surface area contributed by atoms with Gasteiger partial charge >= 0.3 is 0 Å². The molecule has 21 heavy (non-hydrogen) atoms. The van der Waals surface area contributed by atoms with Gasteiger partial charge in [0.15, 0.2) is 9.84 Å². The summed E-state index contributed by atoms with van der Waals surface area (Å²) in [5.74, 6) is 3.03. The molecule has 0 aromatic carbocycles. The van der Waals surface area contributed by atoms with Crippen LogP contribution in [-0.4, -0.2) is 49.5 Å². The molecular weight excluding hydrogens is 288 g/mol. The fraction of sp³-hybridized carbons (Fsp3) is 0.714. The van der Waals surface area contributed by atoms with Crippen LogP contribution in [0.2, 0.25) is 0 Å². The quantitative estimate of drug-likeness (QED) is 0.913. The Hall–Kier alpha value is -1.37. The predicted molar refractivity (Wildman–Crippen MR) is 85.9 cm³/mol. The molecule has 0 radical (unpaired) electrons. The lowest BCUT2D eigenvalue weighted by Crippen LogP contribution is -2.47. The van der Waals surface area contributed by atoms with Crippen molar-refractivity contribution in [2.45, 2.75) is 39.7 Å². The van der Waals surface area contributed by atoms with E-state index in [-0.39, 0.29) is 23.5 Å². The summed E-state index contributed by atoms with van der Waals surface area (Å²) in [6, 6.07) is -0.0675. The number of hydrogen-bond acceptors (Lipinski definition) is 6. The molecule has 1 aromatic heterocycles. The highest BCUT2D eigenvalue weighted by atomic mass is 32.2. The molecule has 6 nitrogen and oxygen atoms in total. The van der Waals surface area contributed by atoms with Crippen molar-refractivity contribution in [3.05, 3.63) is 11.4 Å². The van der Waals surface area contributed by atoms with Gasteiger partial charge in [-0.25, -0.2) is 18.4 Å². The third kappa shape index (κ3) is 3.28. The van der Waals surface area contributed by atoms with Crippen molar-refractivity contribution < 1.29 is 8.42 Å².